The molecule has 2 heterocycles. The van der Waals surface area contributed by atoms with Crippen molar-refractivity contribution in [1.29, 1.82) is 5.26 Å². The van der Waals surface area contributed by atoms with Crippen LogP contribution in [-0.4, -0.2) is 54.4 Å². The number of hydrogen-bond donors (Lipinski definition) is 0. The summed E-state index contributed by atoms with van der Waals surface area (Å²) >= 11 is 0. The molecule has 2 aromatic carbocycles. The second-order valence-electron chi connectivity index (χ2n) is 9.26. The van der Waals surface area contributed by atoms with Crippen LogP contribution in [0, 0.1) is 23.2 Å². The predicted molar refractivity (Wildman–Crippen MR) is 126 cm³/mol. The van der Waals surface area contributed by atoms with Crippen LogP contribution in [0.3, 0.4) is 0 Å². The zero-order valence-electron chi connectivity index (χ0n) is 19.2. The van der Waals surface area contributed by atoms with Gasteiger partial charge in [-0.1, -0.05) is 6.92 Å². The average Bonchev–Trinajstić information content (AvgIpc) is 2.87. The highest BCUT2D eigenvalue weighted by molar-refractivity contribution is 5.95. The van der Waals surface area contributed by atoms with Crippen molar-refractivity contribution in [2.75, 3.05) is 32.8 Å². The quantitative estimate of drug-likeness (QED) is 0.685. The van der Waals surface area contributed by atoms with E-state index in [1.54, 1.807) is 24.3 Å². The molecule has 2 aliphatic heterocycles. The van der Waals surface area contributed by atoms with E-state index >= 15 is 0 Å². The van der Waals surface area contributed by atoms with E-state index in [9.17, 15) is 9.59 Å². The Morgan fingerprint density at radius 1 is 0.909 bits per heavy atom. The molecule has 2 aromatic rings. The molecule has 0 bridgehead atoms. The molecule has 4 rings (SSSR count). The summed E-state index contributed by atoms with van der Waals surface area (Å²) in [5.74, 6) is 1.80. The molecule has 6 nitrogen and oxygen atoms in total. The lowest BCUT2D eigenvalue weighted by atomic mass is 9.98. The molecule has 2 fully saturated rings. The molecule has 0 aliphatic carbocycles. The van der Waals surface area contributed by atoms with E-state index < -0.39 is 0 Å². The first kappa shape index (κ1) is 22.8. The SMILES string of the molecule is CC1CCN(C(=O)c2ccc(OCC3CCCN(C(=O)c4ccc(C#N)cc4)C3)cc2)CC1. The molecular formula is C27H31N3O3. The van der Waals surface area contributed by atoms with Crippen LogP contribution in [0.2, 0.25) is 0 Å². The van der Waals surface area contributed by atoms with Crippen molar-refractivity contribution in [1.82, 2.24) is 9.80 Å². The Kier molecular flexibility index (Phi) is 7.29. The summed E-state index contributed by atoms with van der Waals surface area (Å²) in [6.07, 6.45) is 4.09. The Hall–Kier alpha value is -3.33. The van der Waals surface area contributed by atoms with Crippen molar-refractivity contribution in [3.05, 3.63) is 65.2 Å². The molecule has 0 aromatic heterocycles. The minimum absolute atomic E-state index is 0.000776. The lowest BCUT2D eigenvalue weighted by molar-refractivity contribution is 0.0633. The fourth-order valence-corrected chi connectivity index (χ4v) is 4.56. The lowest BCUT2D eigenvalue weighted by Crippen LogP contribution is -2.41. The average molecular weight is 446 g/mol. The van der Waals surface area contributed by atoms with Gasteiger partial charge in [0, 0.05) is 43.2 Å². The summed E-state index contributed by atoms with van der Waals surface area (Å²) in [6.45, 7) is 5.83. The number of rotatable bonds is 5. The first-order chi connectivity index (χ1) is 16.0. The largest absolute Gasteiger partial charge is 0.493 e. The standard InChI is InChI=1S/C27H31N3O3/c1-20-12-15-29(16-13-20)26(31)24-8-10-25(11-9-24)33-19-22-3-2-14-30(18-22)27(32)23-6-4-21(17-28)5-7-23/h4-11,20,22H,2-3,12-16,18-19H2,1H3. The molecule has 6 heteroatoms. The maximum Gasteiger partial charge on any atom is 0.253 e. The summed E-state index contributed by atoms with van der Waals surface area (Å²) in [5, 5.41) is 8.94. The van der Waals surface area contributed by atoms with Crippen molar-refractivity contribution >= 4 is 11.8 Å². The van der Waals surface area contributed by atoms with Crippen LogP contribution < -0.4 is 4.74 Å². The molecule has 2 saturated heterocycles. The number of amides is 2. The monoisotopic (exact) mass is 445 g/mol. The third-order valence-electron chi connectivity index (χ3n) is 6.72. The van der Waals surface area contributed by atoms with Gasteiger partial charge in [0.2, 0.25) is 0 Å². The fourth-order valence-electron chi connectivity index (χ4n) is 4.56. The van der Waals surface area contributed by atoms with E-state index in [-0.39, 0.29) is 17.7 Å². The predicted octanol–water partition coefficient (Wildman–Crippen LogP) is 4.36. The van der Waals surface area contributed by atoms with E-state index in [1.807, 2.05) is 34.1 Å². The van der Waals surface area contributed by atoms with Crippen molar-refractivity contribution in [2.45, 2.75) is 32.6 Å². The van der Waals surface area contributed by atoms with Crippen LogP contribution in [0.5, 0.6) is 5.75 Å². The molecule has 0 N–H and O–H groups in total. The van der Waals surface area contributed by atoms with E-state index in [4.69, 9.17) is 10.00 Å². The molecule has 2 amide bonds. The van der Waals surface area contributed by atoms with Crippen LogP contribution in [0.1, 0.15) is 58.9 Å². The number of ether oxygens (including phenoxy) is 1. The second-order valence-corrected chi connectivity index (χ2v) is 9.26. The van der Waals surface area contributed by atoms with Gasteiger partial charge in [-0.15, -0.1) is 0 Å². The smallest absolute Gasteiger partial charge is 0.253 e. The zero-order valence-corrected chi connectivity index (χ0v) is 19.2. The summed E-state index contributed by atoms with van der Waals surface area (Å²) in [6, 6.07) is 16.3. The number of piperidine rings is 2. The summed E-state index contributed by atoms with van der Waals surface area (Å²) in [4.78, 5) is 29.4. The van der Waals surface area contributed by atoms with Gasteiger partial charge in [-0.05, 0) is 80.1 Å². The van der Waals surface area contributed by atoms with Crippen molar-refractivity contribution in [3.8, 4) is 11.8 Å². The van der Waals surface area contributed by atoms with Gasteiger partial charge in [0.25, 0.3) is 11.8 Å². The number of nitrogens with zero attached hydrogens (tertiary/aromatic N) is 3. The first-order valence-corrected chi connectivity index (χ1v) is 11.8. The minimum atomic E-state index is -0.000776. The van der Waals surface area contributed by atoms with Gasteiger partial charge in [0.05, 0.1) is 18.2 Å². The molecule has 172 valence electrons. The van der Waals surface area contributed by atoms with Crippen molar-refractivity contribution in [3.63, 3.8) is 0 Å². The minimum Gasteiger partial charge on any atom is -0.493 e. The molecule has 1 unspecified atom stereocenters. The maximum atomic E-state index is 12.8. The van der Waals surface area contributed by atoms with E-state index in [1.165, 1.54) is 0 Å². The number of benzene rings is 2. The Bertz CT molecular complexity index is 1000. The van der Waals surface area contributed by atoms with E-state index in [2.05, 4.69) is 13.0 Å². The van der Waals surface area contributed by atoms with Crippen LogP contribution in [0.25, 0.3) is 0 Å². The molecule has 2 aliphatic rings. The van der Waals surface area contributed by atoms with Gasteiger partial charge in [-0.3, -0.25) is 9.59 Å². The number of likely N-dealkylation sites (tertiary alicyclic amines) is 2. The van der Waals surface area contributed by atoms with E-state index in [0.717, 1.165) is 51.1 Å². The van der Waals surface area contributed by atoms with Gasteiger partial charge >= 0.3 is 0 Å². The van der Waals surface area contributed by atoms with Crippen LogP contribution in [0.4, 0.5) is 0 Å². The molecule has 1 atom stereocenters. The van der Waals surface area contributed by atoms with Gasteiger partial charge < -0.3 is 14.5 Å². The Labute approximate surface area is 195 Å². The molecule has 33 heavy (non-hydrogen) atoms. The number of carbonyl (C=O) groups is 2. The Morgan fingerprint density at radius 3 is 2.15 bits per heavy atom. The summed E-state index contributed by atoms with van der Waals surface area (Å²) in [7, 11) is 0. The van der Waals surface area contributed by atoms with E-state index in [0.29, 0.717) is 35.8 Å². The van der Waals surface area contributed by atoms with Gasteiger partial charge in [-0.25, -0.2) is 0 Å². The van der Waals surface area contributed by atoms with Crippen LogP contribution >= 0.6 is 0 Å². The topological polar surface area (TPSA) is 73.6 Å². The van der Waals surface area contributed by atoms with Crippen molar-refractivity contribution < 1.29 is 14.3 Å². The van der Waals surface area contributed by atoms with Crippen LogP contribution in [-0.2, 0) is 0 Å². The highest BCUT2D eigenvalue weighted by Crippen LogP contribution is 2.22. The van der Waals surface area contributed by atoms with Gasteiger partial charge in [-0.2, -0.15) is 5.26 Å². The van der Waals surface area contributed by atoms with Crippen LogP contribution in [0.15, 0.2) is 48.5 Å². The highest BCUT2D eigenvalue weighted by Gasteiger charge is 2.25. The molecule has 0 spiro atoms. The third kappa shape index (κ3) is 5.73. The maximum absolute atomic E-state index is 12.8. The van der Waals surface area contributed by atoms with Gasteiger partial charge in [0.1, 0.15) is 5.75 Å². The summed E-state index contributed by atoms with van der Waals surface area (Å²) < 4.78 is 6.00. The normalized spacial score (nSPS) is 19.1. The third-order valence-corrected chi connectivity index (χ3v) is 6.72. The molecule has 0 saturated carbocycles. The first-order valence-electron chi connectivity index (χ1n) is 11.8. The molecular weight excluding hydrogens is 414 g/mol. The second kappa shape index (κ2) is 10.5. The highest BCUT2D eigenvalue weighted by atomic mass is 16.5. The zero-order chi connectivity index (χ0) is 23.2. The Balaban J connectivity index is 1.28. The Morgan fingerprint density at radius 2 is 1.52 bits per heavy atom. The number of nitriles is 1. The number of hydrogen-bond acceptors (Lipinski definition) is 4. The fraction of sp³-hybridized carbons (Fsp3) is 0.444. The van der Waals surface area contributed by atoms with Gasteiger partial charge in [0.15, 0.2) is 0 Å². The number of carbonyl (C=O) groups excluding carboxylic acids is 2. The summed E-state index contributed by atoms with van der Waals surface area (Å²) in [5.41, 5.74) is 1.86. The lowest BCUT2D eigenvalue weighted by Gasteiger charge is -2.32. The molecule has 0 radical (unpaired) electrons. The van der Waals surface area contributed by atoms with Crippen molar-refractivity contribution in [2.24, 2.45) is 11.8 Å².